The molecule has 5 heteroatoms. The second-order valence-corrected chi connectivity index (χ2v) is 7.95. The molecule has 1 aliphatic heterocycles. The van der Waals surface area contributed by atoms with Gasteiger partial charge in [-0.15, -0.1) is 0 Å². The summed E-state index contributed by atoms with van der Waals surface area (Å²) in [6, 6.07) is 0.0554. The number of hydrogen-bond acceptors (Lipinski definition) is 4. The van der Waals surface area contributed by atoms with Crippen molar-refractivity contribution < 1.29 is 13.2 Å². The molecule has 0 aromatic heterocycles. The number of carbonyl (C=O) groups is 1. The highest BCUT2D eigenvalue weighted by atomic mass is 32.2. The predicted molar refractivity (Wildman–Crippen MR) is 71.3 cm³/mol. The van der Waals surface area contributed by atoms with E-state index in [9.17, 15) is 13.2 Å². The van der Waals surface area contributed by atoms with Gasteiger partial charge in [0.1, 0.15) is 5.78 Å². The number of hydrogen-bond donors (Lipinski definition) is 0. The third kappa shape index (κ3) is 3.54. The van der Waals surface area contributed by atoms with Crippen LogP contribution in [0.1, 0.15) is 39.0 Å². The summed E-state index contributed by atoms with van der Waals surface area (Å²) in [7, 11) is -2.85. The van der Waals surface area contributed by atoms with Crippen LogP contribution in [0.4, 0.5) is 0 Å². The summed E-state index contributed by atoms with van der Waals surface area (Å²) in [6.07, 6.45) is 5.02. The van der Waals surface area contributed by atoms with Gasteiger partial charge in [-0.05, 0) is 19.8 Å². The van der Waals surface area contributed by atoms with Gasteiger partial charge in [-0.2, -0.15) is 0 Å². The van der Waals surface area contributed by atoms with E-state index in [1.54, 1.807) is 0 Å². The highest BCUT2D eigenvalue weighted by molar-refractivity contribution is 7.91. The van der Waals surface area contributed by atoms with Crippen LogP contribution < -0.4 is 0 Å². The van der Waals surface area contributed by atoms with E-state index in [1.807, 2.05) is 6.92 Å². The summed E-state index contributed by atoms with van der Waals surface area (Å²) >= 11 is 0. The standard InChI is InChI=1S/C13H23NO3S/c1-11-10-18(16,17)8-7-14(11)9-12-5-3-2-4-6-13(12)15/h11-12H,2-10H2,1H3. The van der Waals surface area contributed by atoms with E-state index in [1.165, 1.54) is 0 Å². The third-order valence-electron chi connectivity index (χ3n) is 4.19. The van der Waals surface area contributed by atoms with Crippen molar-refractivity contribution in [1.82, 2.24) is 4.90 Å². The van der Waals surface area contributed by atoms with Crippen LogP contribution in [0.5, 0.6) is 0 Å². The van der Waals surface area contributed by atoms with Crippen molar-refractivity contribution in [2.24, 2.45) is 5.92 Å². The molecule has 18 heavy (non-hydrogen) atoms. The molecule has 0 radical (unpaired) electrons. The molecule has 0 aromatic rings. The maximum absolute atomic E-state index is 12.0. The van der Waals surface area contributed by atoms with Crippen molar-refractivity contribution in [1.29, 1.82) is 0 Å². The van der Waals surface area contributed by atoms with E-state index in [2.05, 4.69) is 4.90 Å². The topological polar surface area (TPSA) is 54.5 Å². The quantitative estimate of drug-likeness (QED) is 0.711. The van der Waals surface area contributed by atoms with Crippen molar-refractivity contribution in [3.05, 3.63) is 0 Å². The maximum Gasteiger partial charge on any atom is 0.153 e. The molecule has 0 aromatic carbocycles. The molecule has 104 valence electrons. The highest BCUT2D eigenvalue weighted by Crippen LogP contribution is 2.23. The van der Waals surface area contributed by atoms with Gasteiger partial charge < -0.3 is 0 Å². The molecular formula is C13H23NO3S. The van der Waals surface area contributed by atoms with Crippen molar-refractivity contribution in [3.63, 3.8) is 0 Å². The van der Waals surface area contributed by atoms with Crippen LogP contribution >= 0.6 is 0 Å². The Kier molecular flexibility index (Phi) is 4.43. The summed E-state index contributed by atoms with van der Waals surface area (Å²) in [4.78, 5) is 14.2. The van der Waals surface area contributed by atoms with Gasteiger partial charge in [-0.3, -0.25) is 9.69 Å². The Morgan fingerprint density at radius 1 is 1.28 bits per heavy atom. The zero-order valence-corrected chi connectivity index (χ0v) is 11.9. The fourth-order valence-electron chi connectivity index (χ4n) is 3.01. The van der Waals surface area contributed by atoms with Crippen molar-refractivity contribution in [2.45, 2.75) is 45.1 Å². The predicted octanol–water partition coefficient (Wildman–Crippen LogP) is 1.25. The SMILES string of the molecule is CC1CS(=O)(=O)CCN1CC1CCCCCC1=O. The summed E-state index contributed by atoms with van der Waals surface area (Å²) < 4.78 is 23.0. The molecule has 1 saturated heterocycles. The first-order valence-corrected chi connectivity index (χ1v) is 8.77. The summed E-state index contributed by atoms with van der Waals surface area (Å²) in [6.45, 7) is 3.31. The Morgan fingerprint density at radius 2 is 2.06 bits per heavy atom. The zero-order valence-electron chi connectivity index (χ0n) is 11.1. The molecule has 2 unspecified atom stereocenters. The molecule has 1 saturated carbocycles. The molecule has 1 heterocycles. The fourth-order valence-corrected chi connectivity index (χ4v) is 4.64. The lowest BCUT2D eigenvalue weighted by molar-refractivity contribution is -0.123. The van der Waals surface area contributed by atoms with E-state index in [0.29, 0.717) is 18.7 Å². The largest absolute Gasteiger partial charge is 0.299 e. The molecule has 4 nitrogen and oxygen atoms in total. The molecule has 1 aliphatic carbocycles. The van der Waals surface area contributed by atoms with E-state index in [0.717, 1.165) is 32.2 Å². The average molecular weight is 273 g/mol. The van der Waals surface area contributed by atoms with E-state index in [-0.39, 0.29) is 23.5 Å². The van der Waals surface area contributed by atoms with Gasteiger partial charge in [-0.25, -0.2) is 8.42 Å². The first kappa shape index (κ1) is 14.0. The molecule has 0 bridgehead atoms. The fraction of sp³-hybridized carbons (Fsp3) is 0.923. The number of ketones is 1. The van der Waals surface area contributed by atoms with Crippen LogP contribution in [-0.4, -0.2) is 49.7 Å². The first-order valence-electron chi connectivity index (χ1n) is 6.95. The minimum absolute atomic E-state index is 0.0554. The number of Topliss-reactive ketones (excluding diaryl/α,β-unsaturated/α-hetero) is 1. The average Bonchev–Trinajstić information content (AvgIpc) is 2.47. The van der Waals surface area contributed by atoms with Crippen LogP contribution in [0, 0.1) is 5.92 Å². The second-order valence-electron chi connectivity index (χ2n) is 5.72. The lowest BCUT2D eigenvalue weighted by Crippen LogP contribution is -2.49. The number of rotatable bonds is 2. The van der Waals surface area contributed by atoms with E-state index < -0.39 is 9.84 Å². The molecule has 2 fully saturated rings. The molecule has 0 amide bonds. The molecule has 0 N–H and O–H groups in total. The van der Waals surface area contributed by atoms with Crippen molar-refractivity contribution in [3.8, 4) is 0 Å². The van der Waals surface area contributed by atoms with Crippen molar-refractivity contribution >= 4 is 15.6 Å². The van der Waals surface area contributed by atoms with Gasteiger partial charge in [-0.1, -0.05) is 12.8 Å². The summed E-state index contributed by atoms with van der Waals surface area (Å²) in [5, 5.41) is 0. The molecular weight excluding hydrogens is 250 g/mol. The lowest BCUT2D eigenvalue weighted by atomic mass is 9.98. The Balaban J connectivity index is 1.94. The summed E-state index contributed by atoms with van der Waals surface area (Å²) in [5.41, 5.74) is 0. The summed E-state index contributed by atoms with van der Waals surface area (Å²) in [5.74, 6) is 1.01. The van der Waals surface area contributed by atoms with Gasteiger partial charge in [0.25, 0.3) is 0 Å². The molecule has 2 aliphatic rings. The maximum atomic E-state index is 12.0. The van der Waals surface area contributed by atoms with Gasteiger partial charge in [0, 0.05) is 31.5 Å². The Labute approximate surface area is 110 Å². The van der Waals surface area contributed by atoms with Crippen LogP contribution in [-0.2, 0) is 14.6 Å². The van der Waals surface area contributed by atoms with Crippen LogP contribution in [0.15, 0.2) is 0 Å². The van der Waals surface area contributed by atoms with Gasteiger partial charge in [0.15, 0.2) is 9.84 Å². The third-order valence-corrected chi connectivity index (χ3v) is 5.99. The first-order chi connectivity index (χ1) is 8.48. The number of sulfone groups is 1. The second kappa shape index (κ2) is 5.70. The number of carbonyl (C=O) groups excluding carboxylic acids is 1. The smallest absolute Gasteiger partial charge is 0.153 e. The van der Waals surface area contributed by atoms with Crippen LogP contribution in [0.3, 0.4) is 0 Å². The normalized spacial score (nSPS) is 34.2. The molecule has 0 spiro atoms. The van der Waals surface area contributed by atoms with E-state index in [4.69, 9.17) is 0 Å². The Hall–Kier alpha value is -0.420. The minimum Gasteiger partial charge on any atom is -0.299 e. The highest BCUT2D eigenvalue weighted by Gasteiger charge is 2.31. The monoisotopic (exact) mass is 273 g/mol. The zero-order chi connectivity index (χ0) is 13.2. The van der Waals surface area contributed by atoms with Gasteiger partial charge in [0.05, 0.1) is 11.5 Å². The van der Waals surface area contributed by atoms with Crippen molar-refractivity contribution in [2.75, 3.05) is 24.6 Å². The molecule has 2 rings (SSSR count). The minimum atomic E-state index is -2.85. The van der Waals surface area contributed by atoms with Crippen LogP contribution in [0.25, 0.3) is 0 Å². The molecule has 2 atom stereocenters. The van der Waals surface area contributed by atoms with E-state index >= 15 is 0 Å². The van der Waals surface area contributed by atoms with Gasteiger partial charge >= 0.3 is 0 Å². The lowest BCUT2D eigenvalue weighted by Gasteiger charge is -2.35. The Bertz CT molecular complexity index is 404. The Morgan fingerprint density at radius 3 is 2.78 bits per heavy atom. The van der Waals surface area contributed by atoms with Gasteiger partial charge in [0.2, 0.25) is 0 Å². The van der Waals surface area contributed by atoms with Crippen LogP contribution in [0.2, 0.25) is 0 Å². The number of nitrogens with zero attached hydrogens (tertiary/aromatic N) is 1.